The van der Waals surface area contributed by atoms with E-state index in [9.17, 15) is 9.59 Å². The predicted octanol–water partition coefficient (Wildman–Crippen LogP) is 6.11. The molecule has 1 amide bonds. The van der Waals surface area contributed by atoms with Gasteiger partial charge >= 0.3 is 0 Å². The van der Waals surface area contributed by atoms with Crippen molar-refractivity contribution in [2.45, 2.75) is 6.92 Å². The van der Waals surface area contributed by atoms with Gasteiger partial charge in [-0.15, -0.1) is 0 Å². The smallest absolute Gasteiger partial charge is 0.255 e. The van der Waals surface area contributed by atoms with Crippen molar-refractivity contribution in [2.24, 2.45) is 0 Å². The Morgan fingerprint density at radius 1 is 0.829 bits per heavy atom. The number of aromatic amines is 1. The van der Waals surface area contributed by atoms with Crippen LogP contribution in [0, 0.1) is 0 Å². The van der Waals surface area contributed by atoms with Crippen LogP contribution in [0.1, 0.15) is 33.2 Å². The molecule has 0 atom stereocenters. The number of amides is 1. The van der Waals surface area contributed by atoms with Crippen LogP contribution in [0.2, 0.25) is 0 Å². The Morgan fingerprint density at radius 2 is 1.54 bits per heavy atom. The summed E-state index contributed by atoms with van der Waals surface area (Å²) in [6.45, 7) is 2.50. The van der Waals surface area contributed by atoms with Crippen LogP contribution >= 0.6 is 0 Å². The quantitative estimate of drug-likeness (QED) is 0.286. The van der Waals surface area contributed by atoms with Crippen molar-refractivity contribution in [3.63, 3.8) is 0 Å². The van der Waals surface area contributed by atoms with E-state index in [-0.39, 0.29) is 11.7 Å². The zero-order chi connectivity index (χ0) is 24.2. The summed E-state index contributed by atoms with van der Waals surface area (Å²) in [5.41, 5.74) is 4.92. The number of anilines is 1. The number of fused-ring (bicyclic) bond motifs is 1. The van der Waals surface area contributed by atoms with Gasteiger partial charge in [0.15, 0.2) is 5.78 Å². The molecule has 0 spiro atoms. The molecule has 0 aliphatic carbocycles. The van der Waals surface area contributed by atoms with Crippen molar-refractivity contribution in [1.29, 1.82) is 0 Å². The van der Waals surface area contributed by atoms with Crippen LogP contribution in [0.25, 0.3) is 22.4 Å². The summed E-state index contributed by atoms with van der Waals surface area (Å²) >= 11 is 0. The Hall–Kier alpha value is -4.71. The maximum absolute atomic E-state index is 12.8. The normalized spacial score (nSPS) is 10.8. The Morgan fingerprint density at radius 3 is 2.26 bits per heavy atom. The predicted molar refractivity (Wildman–Crippen MR) is 137 cm³/mol. The molecular formula is C29H23N3O3. The van der Waals surface area contributed by atoms with Crippen molar-refractivity contribution in [2.75, 3.05) is 11.9 Å². The minimum absolute atomic E-state index is 0.0312. The lowest BCUT2D eigenvalue weighted by Gasteiger charge is -2.07. The van der Waals surface area contributed by atoms with Gasteiger partial charge in [-0.1, -0.05) is 30.3 Å². The molecule has 2 N–H and O–H groups in total. The molecule has 5 rings (SSSR count). The molecule has 172 valence electrons. The molecule has 0 bridgehead atoms. The summed E-state index contributed by atoms with van der Waals surface area (Å²) in [7, 11) is 0. The van der Waals surface area contributed by atoms with Crippen LogP contribution in [0.4, 0.5) is 5.69 Å². The molecule has 0 radical (unpaired) electrons. The first kappa shape index (κ1) is 22.1. The van der Waals surface area contributed by atoms with Crippen molar-refractivity contribution in [3.8, 4) is 17.1 Å². The summed E-state index contributed by atoms with van der Waals surface area (Å²) in [6, 6.07) is 29.1. The van der Waals surface area contributed by atoms with Gasteiger partial charge in [0.05, 0.1) is 17.6 Å². The molecule has 0 fully saturated rings. The number of benzene rings is 4. The summed E-state index contributed by atoms with van der Waals surface area (Å²) in [6.07, 6.45) is 0. The number of nitrogens with zero attached hydrogens (tertiary/aromatic N) is 1. The van der Waals surface area contributed by atoms with E-state index in [1.807, 2.05) is 61.5 Å². The lowest BCUT2D eigenvalue weighted by molar-refractivity contribution is 0.102. The SMILES string of the molecule is CCOc1ccc(C(=O)Nc2ccc(-c3nc4ccc(C(=O)c5ccccc5)cc4[nH]3)cc2)cc1. The number of imidazole rings is 1. The average molecular weight is 462 g/mol. The molecule has 1 aromatic heterocycles. The minimum atomic E-state index is -0.194. The summed E-state index contributed by atoms with van der Waals surface area (Å²) in [5.74, 6) is 1.20. The molecular weight excluding hydrogens is 438 g/mol. The lowest BCUT2D eigenvalue weighted by atomic mass is 10.0. The maximum Gasteiger partial charge on any atom is 0.255 e. The van der Waals surface area contributed by atoms with Gasteiger partial charge in [0.25, 0.3) is 5.91 Å². The molecule has 0 aliphatic rings. The highest BCUT2D eigenvalue weighted by atomic mass is 16.5. The van der Waals surface area contributed by atoms with E-state index in [0.29, 0.717) is 34.8 Å². The second-order valence-corrected chi connectivity index (χ2v) is 8.00. The molecule has 0 saturated heterocycles. The molecule has 35 heavy (non-hydrogen) atoms. The number of ketones is 1. The molecule has 5 aromatic rings. The van der Waals surface area contributed by atoms with Gasteiger partial charge in [-0.25, -0.2) is 4.98 Å². The fourth-order valence-electron chi connectivity index (χ4n) is 3.83. The second kappa shape index (κ2) is 9.65. The highest BCUT2D eigenvalue weighted by Crippen LogP contribution is 2.24. The van der Waals surface area contributed by atoms with Crippen LogP contribution in [0.5, 0.6) is 5.75 Å². The summed E-state index contributed by atoms with van der Waals surface area (Å²) in [4.78, 5) is 33.3. The van der Waals surface area contributed by atoms with Gasteiger partial charge in [0.1, 0.15) is 11.6 Å². The average Bonchev–Trinajstić information content (AvgIpc) is 3.33. The number of H-pyrrole nitrogens is 1. The highest BCUT2D eigenvalue weighted by Gasteiger charge is 2.12. The lowest BCUT2D eigenvalue weighted by Crippen LogP contribution is -2.11. The number of hydrogen-bond donors (Lipinski definition) is 2. The monoisotopic (exact) mass is 461 g/mol. The molecule has 4 aromatic carbocycles. The first-order chi connectivity index (χ1) is 17.1. The third kappa shape index (κ3) is 4.82. The van der Waals surface area contributed by atoms with Crippen molar-refractivity contribution in [3.05, 3.63) is 114 Å². The van der Waals surface area contributed by atoms with Gasteiger partial charge in [0, 0.05) is 27.9 Å². The highest BCUT2D eigenvalue weighted by molar-refractivity contribution is 6.10. The topological polar surface area (TPSA) is 84.1 Å². The van der Waals surface area contributed by atoms with Crippen LogP contribution < -0.4 is 10.1 Å². The van der Waals surface area contributed by atoms with Gasteiger partial charge in [-0.05, 0) is 73.7 Å². The van der Waals surface area contributed by atoms with Gasteiger partial charge < -0.3 is 15.0 Å². The fraction of sp³-hybridized carbons (Fsp3) is 0.0690. The molecule has 0 aliphatic heterocycles. The molecule has 0 unspecified atom stereocenters. The van der Waals surface area contributed by atoms with Crippen LogP contribution in [-0.4, -0.2) is 28.3 Å². The number of carbonyl (C=O) groups excluding carboxylic acids is 2. The molecule has 0 saturated carbocycles. The van der Waals surface area contributed by atoms with Gasteiger partial charge in [-0.2, -0.15) is 0 Å². The number of ether oxygens (including phenoxy) is 1. The maximum atomic E-state index is 12.8. The summed E-state index contributed by atoms with van der Waals surface area (Å²) < 4.78 is 5.42. The summed E-state index contributed by atoms with van der Waals surface area (Å²) in [5, 5.41) is 2.90. The Kier molecular flexibility index (Phi) is 6.09. The van der Waals surface area contributed by atoms with E-state index in [1.54, 1.807) is 42.5 Å². The van der Waals surface area contributed by atoms with E-state index < -0.39 is 0 Å². The van der Waals surface area contributed by atoms with Crippen molar-refractivity contribution in [1.82, 2.24) is 9.97 Å². The van der Waals surface area contributed by atoms with Crippen molar-refractivity contribution < 1.29 is 14.3 Å². The largest absolute Gasteiger partial charge is 0.494 e. The van der Waals surface area contributed by atoms with Gasteiger partial charge in [0.2, 0.25) is 0 Å². The Bertz CT molecular complexity index is 1490. The number of carbonyl (C=O) groups is 2. The molecule has 6 nitrogen and oxygen atoms in total. The minimum Gasteiger partial charge on any atom is -0.494 e. The van der Waals surface area contributed by atoms with E-state index in [1.165, 1.54) is 0 Å². The van der Waals surface area contributed by atoms with Crippen LogP contribution in [-0.2, 0) is 0 Å². The number of nitrogens with one attached hydrogen (secondary N) is 2. The first-order valence-electron chi connectivity index (χ1n) is 11.3. The first-order valence-corrected chi connectivity index (χ1v) is 11.3. The van der Waals surface area contributed by atoms with E-state index in [4.69, 9.17) is 4.74 Å². The molecule has 1 heterocycles. The Labute approximate surface area is 202 Å². The van der Waals surface area contributed by atoms with E-state index in [0.717, 1.165) is 22.3 Å². The zero-order valence-corrected chi connectivity index (χ0v) is 19.1. The third-order valence-electron chi connectivity index (χ3n) is 5.62. The standard InChI is InChI=1S/C29H23N3O3/c1-2-35-24-15-10-21(11-16-24)29(34)30-23-13-8-20(9-14-23)28-31-25-17-12-22(18-26(25)32-28)27(33)19-6-4-3-5-7-19/h3-18H,2H2,1H3,(H,30,34)(H,31,32). The van der Waals surface area contributed by atoms with Crippen molar-refractivity contribution >= 4 is 28.4 Å². The van der Waals surface area contributed by atoms with E-state index >= 15 is 0 Å². The molecule has 6 heteroatoms. The third-order valence-corrected chi connectivity index (χ3v) is 5.62. The van der Waals surface area contributed by atoms with Gasteiger partial charge in [-0.3, -0.25) is 9.59 Å². The zero-order valence-electron chi connectivity index (χ0n) is 19.1. The van der Waals surface area contributed by atoms with E-state index in [2.05, 4.69) is 15.3 Å². The number of rotatable bonds is 7. The number of aromatic nitrogens is 2. The van der Waals surface area contributed by atoms with Crippen LogP contribution in [0.15, 0.2) is 97.1 Å². The second-order valence-electron chi connectivity index (χ2n) is 8.00. The Balaban J connectivity index is 1.31. The number of hydrogen-bond acceptors (Lipinski definition) is 4. The fourth-order valence-corrected chi connectivity index (χ4v) is 3.83. The van der Waals surface area contributed by atoms with Crippen LogP contribution in [0.3, 0.4) is 0 Å².